The summed E-state index contributed by atoms with van der Waals surface area (Å²) in [6, 6.07) is 0.0714. The van der Waals surface area contributed by atoms with Crippen LogP contribution in [0.2, 0.25) is 0 Å². The number of hydrogen-bond acceptors (Lipinski definition) is 3. The summed E-state index contributed by atoms with van der Waals surface area (Å²) in [4.78, 5) is 0.0229. The maximum Gasteiger partial charge on any atom is 0.218 e. The molecule has 4 nitrogen and oxygen atoms in total. The third kappa shape index (κ3) is 4.76. The maximum absolute atomic E-state index is 11.6. The van der Waals surface area contributed by atoms with E-state index in [2.05, 4.69) is 23.9 Å². The van der Waals surface area contributed by atoms with E-state index in [0.29, 0.717) is 0 Å². The van der Waals surface area contributed by atoms with Crippen molar-refractivity contribution in [2.24, 2.45) is 11.7 Å². The summed E-state index contributed by atoms with van der Waals surface area (Å²) in [5, 5.41) is 0. The highest BCUT2D eigenvalue weighted by Crippen LogP contribution is 2.26. The van der Waals surface area contributed by atoms with E-state index in [9.17, 15) is 8.42 Å². The summed E-state index contributed by atoms with van der Waals surface area (Å²) in [5.74, 6) is 0.520. The number of nitrogens with two attached hydrogens (primary N) is 1. The molecule has 0 aliphatic heterocycles. The molecule has 0 unspecified atom stereocenters. The van der Waals surface area contributed by atoms with E-state index < -0.39 is 10.0 Å². The van der Waals surface area contributed by atoms with E-state index in [0.717, 1.165) is 31.6 Å². The Morgan fingerprint density at radius 3 is 2.38 bits per heavy atom. The Balaban J connectivity index is 2.41. The number of hydrogen-bond donors (Lipinski definition) is 2. The lowest BCUT2D eigenvalue weighted by Gasteiger charge is -2.28. The van der Waals surface area contributed by atoms with Gasteiger partial charge in [0.2, 0.25) is 10.0 Å². The first-order valence-electron chi connectivity index (χ1n) is 5.71. The highest BCUT2D eigenvalue weighted by Gasteiger charge is 2.24. The van der Waals surface area contributed by atoms with Gasteiger partial charge in [0, 0.05) is 6.04 Å². The summed E-state index contributed by atoms with van der Waals surface area (Å²) in [6.07, 6.45) is 5.25. The van der Waals surface area contributed by atoms with Gasteiger partial charge in [-0.1, -0.05) is 25.6 Å². The molecule has 0 heterocycles. The Labute approximate surface area is 103 Å². The minimum Gasteiger partial charge on any atom is -0.392 e. The van der Waals surface area contributed by atoms with Crippen LogP contribution in [0.25, 0.3) is 0 Å². The molecule has 1 rings (SSSR count). The zero-order valence-electron chi connectivity index (χ0n) is 9.61. The molecule has 3 N–H and O–H groups in total. The Kier molecular flexibility index (Phi) is 5.14. The van der Waals surface area contributed by atoms with Crippen molar-refractivity contribution >= 4 is 27.2 Å². The zero-order valence-corrected chi connectivity index (χ0v) is 11.2. The average molecular weight is 264 g/mol. The van der Waals surface area contributed by atoms with Gasteiger partial charge in [-0.25, -0.2) is 13.1 Å². The van der Waals surface area contributed by atoms with Gasteiger partial charge in [0.1, 0.15) is 5.75 Å². The standard InChI is InChI=1S/C10H20N2O2S2/c1-2-8-3-5-9(6-4-8)12-16(13,14)7-10(11)15/h8-9,12H,2-7H2,1H3,(H2,11,15). The number of rotatable bonds is 5. The fourth-order valence-electron chi connectivity index (χ4n) is 2.17. The molecule has 0 atom stereocenters. The van der Waals surface area contributed by atoms with E-state index >= 15 is 0 Å². The second-order valence-corrected chi connectivity index (χ2v) is 6.75. The van der Waals surface area contributed by atoms with Gasteiger partial charge in [-0.3, -0.25) is 0 Å². The third-order valence-corrected chi connectivity index (χ3v) is 4.81. The van der Waals surface area contributed by atoms with Gasteiger partial charge in [0.05, 0.1) is 4.99 Å². The molecule has 0 saturated heterocycles. The Hall–Kier alpha value is -0.200. The molecule has 1 aliphatic rings. The van der Waals surface area contributed by atoms with E-state index in [1.54, 1.807) is 0 Å². The molecule has 1 saturated carbocycles. The summed E-state index contributed by atoms with van der Waals surface area (Å²) in [5.41, 5.74) is 5.24. The molecule has 1 aliphatic carbocycles. The number of thiocarbonyl (C=S) groups is 1. The van der Waals surface area contributed by atoms with Crippen molar-refractivity contribution in [1.29, 1.82) is 0 Å². The van der Waals surface area contributed by atoms with Gasteiger partial charge >= 0.3 is 0 Å². The van der Waals surface area contributed by atoms with Crippen molar-refractivity contribution < 1.29 is 8.42 Å². The third-order valence-electron chi connectivity index (χ3n) is 3.10. The average Bonchev–Trinajstić information content (AvgIpc) is 2.16. The number of sulfonamides is 1. The monoisotopic (exact) mass is 264 g/mol. The second-order valence-electron chi connectivity index (χ2n) is 4.47. The highest BCUT2D eigenvalue weighted by molar-refractivity contribution is 7.92. The Morgan fingerprint density at radius 1 is 1.38 bits per heavy atom. The SMILES string of the molecule is CCC1CCC(NS(=O)(=O)CC(N)=S)CC1. The molecule has 0 amide bonds. The number of nitrogens with one attached hydrogen (secondary N) is 1. The molecule has 0 radical (unpaired) electrons. The van der Waals surface area contributed by atoms with E-state index in [-0.39, 0.29) is 16.8 Å². The molecule has 0 bridgehead atoms. The van der Waals surface area contributed by atoms with Crippen molar-refractivity contribution in [1.82, 2.24) is 4.72 Å². The van der Waals surface area contributed by atoms with Crippen LogP contribution in [-0.2, 0) is 10.0 Å². The summed E-state index contributed by atoms with van der Waals surface area (Å²) in [7, 11) is -3.32. The highest BCUT2D eigenvalue weighted by atomic mass is 32.2. The topological polar surface area (TPSA) is 72.2 Å². The quantitative estimate of drug-likeness (QED) is 0.731. The van der Waals surface area contributed by atoms with Gasteiger partial charge < -0.3 is 5.73 Å². The van der Waals surface area contributed by atoms with Crippen LogP contribution < -0.4 is 10.5 Å². The fraction of sp³-hybridized carbons (Fsp3) is 0.900. The van der Waals surface area contributed by atoms with Gasteiger partial charge in [0.15, 0.2) is 0 Å². The molecule has 0 aromatic rings. The summed E-state index contributed by atoms with van der Waals surface area (Å²) in [6.45, 7) is 2.18. The Bertz CT molecular complexity index is 333. The van der Waals surface area contributed by atoms with Gasteiger partial charge in [0.25, 0.3) is 0 Å². The molecule has 0 spiro atoms. The van der Waals surface area contributed by atoms with Gasteiger partial charge in [-0.05, 0) is 31.6 Å². The molecule has 0 aromatic carbocycles. The first-order valence-corrected chi connectivity index (χ1v) is 7.77. The zero-order chi connectivity index (χ0) is 12.2. The predicted octanol–water partition coefficient (Wildman–Crippen LogP) is 1.16. The van der Waals surface area contributed by atoms with Crippen molar-refractivity contribution in [3.05, 3.63) is 0 Å². The van der Waals surface area contributed by atoms with Crippen LogP contribution in [0.4, 0.5) is 0 Å². The van der Waals surface area contributed by atoms with E-state index in [1.165, 1.54) is 6.42 Å². The molecule has 94 valence electrons. The molecule has 1 fully saturated rings. The molecule has 0 aromatic heterocycles. The Morgan fingerprint density at radius 2 is 1.94 bits per heavy atom. The van der Waals surface area contributed by atoms with Crippen LogP contribution >= 0.6 is 12.2 Å². The van der Waals surface area contributed by atoms with Crippen LogP contribution in [0.5, 0.6) is 0 Å². The predicted molar refractivity (Wildman–Crippen MR) is 69.7 cm³/mol. The lowest BCUT2D eigenvalue weighted by molar-refractivity contribution is 0.306. The van der Waals surface area contributed by atoms with Crippen LogP contribution in [0, 0.1) is 5.92 Å². The lowest BCUT2D eigenvalue weighted by atomic mass is 9.85. The largest absolute Gasteiger partial charge is 0.392 e. The minimum atomic E-state index is -3.32. The van der Waals surface area contributed by atoms with Crippen molar-refractivity contribution in [2.75, 3.05) is 5.75 Å². The van der Waals surface area contributed by atoms with Crippen LogP contribution in [-0.4, -0.2) is 25.2 Å². The smallest absolute Gasteiger partial charge is 0.218 e. The van der Waals surface area contributed by atoms with Crippen molar-refractivity contribution in [2.45, 2.75) is 45.1 Å². The minimum absolute atomic E-state index is 0.0229. The second kappa shape index (κ2) is 5.93. The van der Waals surface area contributed by atoms with Crippen molar-refractivity contribution in [3.8, 4) is 0 Å². The molecule has 6 heteroatoms. The first-order chi connectivity index (χ1) is 7.43. The van der Waals surface area contributed by atoms with Gasteiger partial charge in [-0.2, -0.15) is 0 Å². The maximum atomic E-state index is 11.6. The lowest BCUT2D eigenvalue weighted by Crippen LogP contribution is -2.41. The van der Waals surface area contributed by atoms with Crippen LogP contribution in [0.3, 0.4) is 0 Å². The van der Waals surface area contributed by atoms with E-state index in [4.69, 9.17) is 5.73 Å². The molecule has 16 heavy (non-hydrogen) atoms. The fourth-order valence-corrected chi connectivity index (χ4v) is 3.84. The normalized spacial score (nSPS) is 26.6. The summed E-state index contributed by atoms with van der Waals surface area (Å²) >= 11 is 4.61. The molecular weight excluding hydrogens is 244 g/mol. The molecular formula is C10H20N2O2S2. The first kappa shape index (κ1) is 13.9. The van der Waals surface area contributed by atoms with E-state index in [1.807, 2.05) is 0 Å². The van der Waals surface area contributed by atoms with Crippen LogP contribution in [0.15, 0.2) is 0 Å². The summed E-state index contributed by atoms with van der Waals surface area (Å²) < 4.78 is 25.8. The van der Waals surface area contributed by atoms with Gasteiger partial charge in [-0.15, -0.1) is 0 Å². The van der Waals surface area contributed by atoms with Crippen molar-refractivity contribution in [3.63, 3.8) is 0 Å². The van der Waals surface area contributed by atoms with Crippen LogP contribution in [0.1, 0.15) is 39.0 Å².